The van der Waals surface area contributed by atoms with Crippen LogP contribution in [0.1, 0.15) is 23.1 Å². The zero-order chi connectivity index (χ0) is 10.8. The van der Waals surface area contributed by atoms with E-state index in [1.165, 1.54) is 16.7 Å². The van der Waals surface area contributed by atoms with Gasteiger partial charge in [0.25, 0.3) is 0 Å². The van der Waals surface area contributed by atoms with Crippen LogP contribution in [0.25, 0.3) is 0 Å². The normalized spacial score (nSPS) is 16.5. The molecule has 0 aliphatic heterocycles. The molecular formula is C11H14N4. The molecule has 0 bridgehead atoms. The predicted molar refractivity (Wildman–Crippen MR) is 61.8 cm³/mol. The van der Waals surface area contributed by atoms with E-state index in [1.54, 1.807) is 0 Å². The minimum atomic E-state index is 0.00334. The van der Waals surface area contributed by atoms with Crippen LogP contribution in [0.2, 0.25) is 0 Å². The molecule has 1 aromatic carbocycles. The summed E-state index contributed by atoms with van der Waals surface area (Å²) in [6, 6.07) is 6.38. The topological polar surface area (TPSA) is 76.8 Å². The van der Waals surface area contributed by atoms with Crippen molar-refractivity contribution in [1.82, 2.24) is 0 Å². The molecule has 0 heterocycles. The lowest BCUT2D eigenvalue weighted by Crippen LogP contribution is -2.22. The van der Waals surface area contributed by atoms with Crippen LogP contribution in [0.3, 0.4) is 0 Å². The first-order valence-corrected chi connectivity index (χ1v) is 4.92. The molecule has 4 nitrogen and oxygen atoms in total. The molecule has 0 spiro atoms. The zero-order valence-corrected chi connectivity index (χ0v) is 8.70. The van der Waals surface area contributed by atoms with Crippen LogP contribution in [0.5, 0.6) is 0 Å². The van der Waals surface area contributed by atoms with Gasteiger partial charge in [-0.3, -0.25) is 0 Å². The number of benzene rings is 1. The summed E-state index contributed by atoms with van der Waals surface area (Å²) in [4.78, 5) is 0. The fourth-order valence-corrected chi connectivity index (χ4v) is 1.79. The fraction of sp³-hybridized carbons (Fsp3) is 0.273. The molecule has 0 fully saturated rings. The highest BCUT2D eigenvalue weighted by Gasteiger charge is 2.17. The van der Waals surface area contributed by atoms with E-state index in [1.807, 2.05) is 0 Å². The summed E-state index contributed by atoms with van der Waals surface area (Å²) in [7, 11) is 0. The Bertz CT molecular complexity index is 442. The van der Waals surface area contributed by atoms with E-state index in [-0.39, 0.29) is 5.96 Å². The molecule has 4 heteroatoms. The maximum atomic E-state index is 5.24. The summed E-state index contributed by atoms with van der Waals surface area (Å²) in [5.41, 5.74) is 15.2. The lowest BCUT2D eigenvalue weighted by Gasteiger charge is -2.00. The lowest BCUT2D eigenvalue weighted by molar-refractivity contribution is 1.08. The Morgan fingerprint density at radius 2 is 2.07 bits per heavy atom. The third kappa shape index (κ3) is 1.98. The molecule has 4 N–H and O–H groups in total. The molecule has 78 valence electrons. The van der Waals surface area contributed by atoms with Gasteiger partial charge in [0.1, 0.15) is 0 Å². The van der Waals surface area contributed by atoms with Crippen LogP contribution in [-0.4, -0.2) is 11.7 Å². The highest BCUT2D eigenvalue weighted by atomic mass is 15.3. The highest BCUT2D eigenvalue weighted by molar-refractivity contribution is 6.04. The average Bonchev–Trinajstić information content (AvgIpc) is 2.57. The molecule has 1 aliphatic rings. The number of rotatable bonds is 1. The van der Waals surface area contributed by atoms with E-state index >= 15 is 0 Å². The van der Waals surface area contributed by atoms with Gasteiger partial charge in [-0.15, -0.1) is 5.10 Å². The van der Waals surface area contributed by atoms with E-state index in [9.17, 15) is 0 Å². The average molecular weight is 202 g/mol. The Morgan fingerprint density at radius 1 is 1.27 bits per heavy atom. The Hall–Kier alpha value is -1.84. The van der Waals surface area contributed by atoms with Gasteiger partial charge in [0.05, 0.1) is 5.71 Å². The summed E-state index contributed by atoms with van der Waals surface area (Å²) in [5, 5.41) is 7.76. The van der Waals surface area contributed by atoms with Gasteiger partial charge in [-0.25, -0.2) is 0 Å². The van der Waals surface area contributed by atoms with Crippen molar-refractivity contribution in [3.05, 3.63) is 34.9 Å². The van der Waals surface area contributed by atoms with Crippen LogP contribution in [0, 0.1) is 6.92 Å². The smallest absolute Gasteiger partial charge is 0.211 e. The predicted octanol–water partition coefficient (Wildman–Crippen LogP) is 0.919. The molecule has 1 aromatic rings. The molecule has 2 rings (SSSR count). The molecule has 0 saturated heterocycles. The summed E-state index contributed by atoms with van der Waals surface area (Å²) < 4.78 is 0. The number of hydrogen-bond donors (Lipinski definition) is 2. The molecule has 0 amide bonds. The molecule has 0 saturated carbocycles. The molecule has 0 aromatic heterocycles. The maximum Gasteiger partial charge on any atom is 0.211 e. The van der Waals surface area contributed by atoms with Gasteiger partial charge in [0.15, 0.2) is 0 Å². The molecule has 0 radical (unpaired) electrons. The molecule has 1 aliphatic carbocycles. The Labute approximate surface area is 88.7 Å². The molecule has 15 heavy (non-hydrogen) atoms. The van der Waals surface area contributed by atoms with Crippen LogP contribution in [0.15, 0.2) is 28.4 Å². The van der Waals surface area contributed by atoms with Crippen LogP contribution in [-0.2, 0) is 6.42 Å². The van der Waals surface area contributed by atoms with Gasteiger partial charge in [-0.2, -0.15) is 5.10 Å². The van der Waals surface area contributed by atoms with E-state index < -0.39 is 0 Å². The third-order valence-electron chi connectivity index (χ3n) is 2.49. The van der Waals surface area contributed by atoms with Gasteiger partial charge >= 0.3 is 0 Å². The summed E-state index contributed by atoms with van der Waals surface area (Å²) >= 11 is 0. The van der Waals surface area contributed by atoms with Crippen molar-refractivity contribution >= 4 is 11.7 Å². The second-order valence-corrected chi connectivity index (χ2v) is 3.73. The van der Waals surface area contributed by atoms with Gasteiger partial charge in [-0.1, -0.05) is 17.7 Å². The first-order chi connectivity index (χ1) is 7.16. The number of aryl methyl sites for hydroxylation is 2. The van der Waals surface area contributed by atoms with Crippen molar-refractivity contribution in [3.63, 3.8) is 0 Å². The van der Waals surface area contributed by atoms with E-state index in [0.717, 1.165) is 18.6 Å². The molecular weight excluding hydrogens is 188 g/mol. The van der Waals surface area contributed by atoms with Gasteiger partial charge in [0, 0.05) is 5.56 Å². The van der Waals surface area contributed by atoms with Crippen LogP contribution >= 0.6 is 0 Å². The third-order valence-corrected chi connectivity index (χ3v) is 2.49. The SMILES string of the molecule is Cc1ccc2c(c1)/C(=N\N=C(N)N)CC2. The summed E-state index contributed by atoms with van der Waals surface area (Å²) in [6.45, 7) is 2.07. The van der Waals surface area contributed by atoms with Crippen molar-refractivity contribution in [1.29, 1.82) is 0 Å². The number of fused-ring (bicyclic) bond motifs is 1. The second kappa shape index (κ2) is 3.73. The van der Waals surface area contributed by atoms with E-state index in [0.29, 0.717) is 0 Å². The van der Waals surface area contributed by atoms with Crippen molar-refractivity contribution in [2.24, 2.45) is 21.7 Å². The monoisotopic (exact) mass is 202 g/mol. The fourth-order valence-electron chi connectivity index (χ4n) is 1.79. The number of nitrogens with two attached hydrogens (primary N) is 2. The molecule has 0 atom stereocenters. The Morgan fingerprint density at radius 3 is 2.80 bits per heavy atom. The Kier molecular flexibility index (Phi) is 2.41. The van der Waals surface area contributed by atoms with Crippen LogP contribution in [0.4, 0.5) is 0 Å². The van der Waals surface area contributed by atoms with Gasteiger partial charge in [0.2, 0.25) is 5.96 Å². The van der Waals surface area contributed by atoms with E-state index in [4.69, 9.17) is 11.5 Å². The number of nitrogens with zero attached hydrogens (tertiary/aromatic N) is 2. The summed E-state index contributed by atoms with van der Waals surface area (Å²) in [5.74, 6) is 0.00334. The van der Waals surface area contributed by atoms with E-state index in [2.05, 4.69) is 35.3 Å². The zero-order valence-electron chi connectivity index (χ0n) is 8.70. The van der Waals surface area contributed by atoms with Gasteiger partial charge < -0.3 is 11.5 Å². The molecule has 0 unspecified atom stereocenters. The van der Waals surface area contributed by atoms with Gasteiger partial charge in [-0.05, 0) is 31.4 Å². The van der Waals surface area contributed by atoms with Crippen molar-refractivity contribution in [2.75, 3.05) is 0 Å². The number of guanidine groups is 1. The summed E-state index contributed by atoms with van der Waals surface area (Å²) in [6.07, 6.45) is 1.93. The van der Waals surface area contributed by atoms with Crippen molar-refractivity contribution in [3.8, 4) is 0 Å². The van der Waals surface area contributed by atoms with Crippen LogP contribution < -0.4 is 11.5 Å². The second-order valence-electron chi connectivity index (χ2n) is 3.73. The first-order valence-electron chi connectivity index (χ1n) is 4.92. The van der Waals surface area contributed by atoms with Crippen molar-refractivity contribution < 1.29 is 0 Å². The first kappa shape index (κ1) is 9.71. The quantitative estimate of drug-likeness (QED) is 0.403. The minimum Gasteiger partial charge on any atom is -0.369 e. The lowest BCUT2D eigenvalue weighted by atomic mass is 10.1. The Balaban J connectivity index is 2.39. The van der Waals surface area contributed by atoms with Crippen molar-refractivity contribution in [2.45, 2.75) is 19.8 Å². The largest absolute Gasteiger partial charge is 0.369 e. The standard InChI is InChI=1S/C11H14N4/c1-7-2-3-8-4-5-10(9(8)6-7)14-15-11(12)13/h2-3,6H,4-5H2,1H3,(H4,12,13,15)/b14-10-. The highest BCUT2D eigenvalue weighted by Crippen LogP contribution is 2.23. The maximum absolute atomic E-state index is 5.24. The minimum absolute atomic E-state index is 0.00334. The number of hydrogen-bond acceptors (Lipinski definition) is 2.